The summed E-state index contributed by atoms with van der Waals surface area (Å²) in [5.74, 6) is 0.0997. The Balaban J connectivity index is 1.30. The molecular formula is C22H28N4O2. The summed E-state index contributed by atoms with van der Waals surface area (Å²) in [6.07, 6.45) is 1.36. The Morgan fingerprint density at radius 1 is 0.857 bits per heavy atom. The maximum Gasteiger partial charge on any atom is 0.319 e. The van der Waals surface area contributed by atoms with E-state index in [4.69, 9.17) is 0 Å². The quantitative estimate of drug-likeness (QED) is 0.776. The minimum Gasteiger partial charge on any atom is -0.340 e. The average Bonchev–Trinajstić information content (AvgIpc) is 2.74. The Bertz CT molecular complexity index is 744. The van der Waals surface area contributed by atoms with Gasteiger partial charge >= 0.3 is 6.03 Å². The zero-order chi connectivity index (χ0) is 19.6. The Labute approximate surface area is 166 Å². The lowest BCUT2D eigenvalue weighted by molar-refractivity contribution is -0.132. The van der Waals surface area contributed by atoms with Crippen LogP contribution in [0.4, 0.5) is 10.5 Å². The van der Waals surface area contributed by atoms with E-state index in [0.29, 0.717) is 13.0 Å². The first kappa shape index (κ1) is 19.9. The molecule has 3 rings (SSSR count). The third kappa shape index (κ3) is 6.39. The number of amides is 3. The van der Waals surface area contributed by atoms with Crippen LogP contribution in [0.3, 0.4) is 0 Å². The molecule has 2 aromatic rings. The molecule has 0 atom stereocenters. The van der Waals surface area contributed by atoms with E-state index in [-0.39, 0.29) is 11.9 Å². The van der Waals surface area contributed by atoms with Gasteiger partial charge in [-0.1, -0.05) is 48.5 Å². The number of benzene rings is 2. The van der Waals surface area contributed by atoms with Crippen LogP contribution in [0, 0.1) is 0 Å². The van der Waals surface area contributed by atoms with Crippen LogP contribution in [-0.2, 0) is 11.2 Å². The second kappa shape index (κ2) is 10.5. The average molecular weight is 380 g/mol. The summed E-state index contributed by atoms with van der Waals surface area (Å²) < 4.78 is 0. The topological polar surface area (TPSA) is 64.7 Å². The molecule has 148 valence electrons. The SMILES string of the molecule is O=C(NCCC(=O)N1CCN(CCc2ccccc2)CC1)Nc1ccccc1. The van der Waals surface area contributed by atoms with Gasteiger partial charge in [0.1, 0.15) is 0 Å². The number of para-hydroxylation sites is 1. The second-order valence-electron chi connectivity index (χ2n) is 6.95. The number of nitrogens with one attached hydrogen (secondary N) is 2. The summed E-state index contributed by atoms with van der Waals surface area (Å²) in [4.78, 5) is 28.5. The van der Waals surface area contributed by atoms with Crippen molar-refractivity contribution in [1.82, 2.24) is 15.1 Å². The van der Waals surface area contributed by atoms with Gasteiger partial charge in [0.2, 0.25) is 5.91 Å². The normalized spacial score (nSPS) is 14.5. The fourth-order valence-corrected chi connectivity index (χ4v) is 3.29. The smallest absolute Gasteiger partial charge is 0.319 e. The third-order valence-electron chi connectivity index (χ3n) is 4.94. The van der Waals surface area contributed by atoms with Gasteiger partial charge in [-0.3, -0.25) is 9.69 Å². The van der Waals surface area contributed by atoms with Crippen LogP contribution < -0.4 is 10.6 Å². The van der Waals surface area contributed by atoms with Crippen LogP contribution in [0.5, 0.6) is 0 Å². The maximum absolute atomic E-state index is 12.4. The van der Waals surface area contributed by atoms with Crippen molar-refractivity contribution in [3.05, 3.63) is 66.2 Å². The first-order valence-corrected chi connectivity index (χ1v) is 9.85. The van der Waals surface area contributed by atoms with Gasteiger partial charge in [0.15, 0.2) is 0 Å². The van der Waals surface area contributed by atoms with Gasteiger partial charge < -0.3 is 15.5 Å². The van der Waals surface area contributed by atoms with Crippen LogP contribution in [0.15, 0.2) is 60.7 Å². The van der Waals surface area contributed by atoms with E-state index >= 15 is 0 Å². The van der Waals surface area contributed by atoms with Gasteiger partial charge in [0.25, 0.3) is 0 Å². The Morgan fingerprint density at radius 3 is 2.18 bits per heavy atom. The first-order chi connectivity index (χ1) is 13.7. The molecule has 0 aromatic heterocycles. The van der Waals surface area contributed by atoms with Crippen molar-refractivity contribution in [3.8, 4) is 0 Å². The molecule has 2 N–H and O–H groups in total. The highest BCUT2D eigenvalue weighted by Gasteiger charge is 2.20. The summed E-state index contributed by atoms with van der Waals surface area (Å²) in [5.41, 5.74) is 2.08. The molecule has 1 saturated heterocycles. The molecule has 6 heteroatoms. The van der Waals surface area contributed by atoms with Crippen molar-refractivity contribution in [2.75, 3.05) is 44.6 Å². The number of hydrogen-bond donors (Lipinski definition) is 2. The molecule has 1 aliphatic heterocycles. The Kier molecular flexibility index (Phi) is 7.44. The highest BCUT2D eigenvalue weighted by Crippen LogP contribution is 2.07. The molecule has 1 aliphatic rings. The van der Waals surface area contributed by atoms with E-state index in [0.717, 1.165) is 44.8 Å². The lowest BCUT2D eigenvalue weighted by Crippen LogP contribution is -2.49. The van der Waals surface area contributed by atoms with Gasteiger partial charge in [0, 0.05) is 51.4 Å². The van der Waals surface area contributed by atoms with E-state index in [9.17, 15) is 9.59 Å². The third-order valence-corrected chi connectivity index (χ3v) is 4.94. The van der Waals surface area contributed by atoms with E-state index in [2.05, 4.69) is 39.8 Å². The van der Waals surface area contributed by atoms with E-state index in [1.165, 1.54) is 5.56 Å². The lowest BCUT2D eigenvalue weighted by Gasteiger charge is -2.34. The van der Waals surface area contributed by atoms with Gasteiger partial charge in [0.05, 0.1) is 0 Å². The van der Waals surface area contributed by atoms with Gasteiger partial charge in [-0.2, -0.15) is 0 Å². The highest BCUT2D eigenvalue weighted by atomic mass is 16.2. The van der Waals surface area contributed by atoms with Crippen molar-refractivity contribution in [3.63, 3.8) is 0 Å². The van der Waals surface area contributed by atoms with Gasteiger partial charge in [-0.05, 0) is 24.1 Å². The highest BCUT2D eigenvalue weighted by molar-refractivity contribution is 5.89. The molecule has 0 radical (unpaired) electrons. The van der Waals surface area contributed by atoms with Crippen LogP contribution in [0.25, 0.3) is 0 Å². The summed E-state index contributed by atoms with van der Waals surface area (Å²) in [5, 5.41) is 5.49. The molecule has 28 heavy (non-hydrogen) atoms. The number of hydrogen-bond acceptors (Lipinski definition) is 3. The van der Waals surface area contributed by atoms with Crippen molar-refractivity contribution < 1.29 is 9.59 Å². The van der Waals surface area contributed by atoms with Crippen LogP contribution in [0.1, 0.15) is 12.0 Å². The van der Waals surface area contributed by atoms with E-state index < -0.39 is 0 Å². The number of carbonyl (C=O) groups excluding carboxylic acids is 2. The molecule has 2 aromatic carbocycles. The zero-order valence-electron chi connectivity index (χ0n) is 16.1. The Morgan fingerprint density at radius 2 is 1.50 bits per heavy atom. The fraction of sp³-hybridized carbons (Fsp3) is 0.364. The number of carbonyl (C=O) groups is 2. The van der Waals surface area contributed by atoms with Crippen LogP contribution >= 0.6 is 0 Å². The molecule has 0 spiro atoms. The largest absolute Gasteiger partial charge is 0.340 e. The van der Waals surface area contributed by atoms with Crippen molar-refractivity contribution in [2.45, 2.75) is 12.8 Å². The molecule has 0 aliphatic carbocycles. The Hall–Kier alpha value is -2.86. The molecule has 3 amide bonds. The molecular weight excluding hydrogens is 352 g/mol. The van der Waals surface area contributed by atoms with Crippen molar-refractivity contribution >= 4 is 17.6 Å². The second-order valence-corrected chi connectivity index (χ2v) is 6.95. The monoisotopic (exact) mass is 380 g/mol. The standard InChI is InChI=1S/C22H28N4O2/c27-21(11-13-23-22(28)24-20-9-5-2-6-10-20)26-17-15-25(16-18-26)14-12-19-7-3-1-4-8-19/h1-10H,11-18H2,(H2,23,24,28). The molecule has 0 unspecified atom stereocenters. The predicted octanol–water partition coefficient (Wildman–Crippen LogP) is 2.59. The number of urea groups is 1. The van der Waals surface area contributed by atoms with Crippen LogP contribution in [0.2, 0.25) is 0 Å². The molecule has 6 nitrogen and oxygen atoms in total. The van der Waals surface area contributed by atoms with Crippen LogP contribution in [-0.4, -0.2) is 61.0 Å². The van der Waals surface area contributed by atoms with E-state index in [1.807, 2.05) is 41.3 Å². The van der Waals surface area contributed by atoms with Crippen molar-refractivity contribution in [2.24, 2.45) is 0 Å². The molecule has 0 saturated carbocycles. The first-order valence-electron chi connectivity index (χ1n) is 9.85. The molecule has 0 bridgehead atoms. The summed E-state index contributed by atoms with van der Waals surface area (Å²) in [7, 11) is 0. The summed E-state index contributed by atoms with van der Waals surface area (Å²) >= 11 is 0. The van der Waals surface area contributed by atoms with Gasteiger partial charge in [-0.15, -0.1) is 0 Å². The van der Waals surface area contributed by atoms with Crippen molar-refractivity contribution in [1.29, 1.82) is 0 Å². The predicted molar refractivity (Wildman–Crippen MR) is 111 cm³/mol. The summed E-state index contributed by atoms with van der Waals surface area (Å²) in [6, 6.07) is 19.4. The number of nitrogens with zero attached hydrogens (tertiary/aromatic N) is 2. The molecule has 1 heterocycles. The summed E-state index contributed by atoms with van der Waals surface area (Å²) in [6.45, 7) is 4.67. The van der Waals surface area contributed by atoms with E-state index in [1.54, 1.807) is 0 Å². The fourth-order valence-electron chi connectivity index (χ4n) is 3.29. The molecule has 1 fully saturated rings. The maximum atomic E-state index is 12.4. The zero-order valence-corrected chi connectivity index (χ0v) is 16.1. The number of anilines is 1. The minimum absolute atomic E-state index is 0.0997. The number of piperazine rings is 1. The van der Waals surface area contributed by atoms with Gasteiger partial charge in [-0.25, -0.2) is 4.79 Å². The minimum atomic E-state index is -0.287. The number of rotatable bonds is 7. The lowest BCUT2D eigenvalue weighted by atomic mass is 10.1.